The van der Waals surface area contributed by atoms with E-state index in [9.17, 15) is 4.39 Å². The lowest BCUT2D eigenvalue weighted by Crippen LogP contribution is -2.37. The van der Waals surface area contributed by atoms with Crippen molar-refractivity contribution in [3.63, 3.8) is 0 Å². The van der Waals surface area contributed by atoms with E-state index in [0.29, 0.717) is 43.8 Å². The molecular formula is C24H26FN7O. The van der Waals surface area contributed by atoms with Gasteiger partial charge in [0.2, 0.25) is 5.95 Å². The van der Waals surface area contributed by atoms with Crippen LogP contribution < -0.4 is 16.0 Å². The molecule has 0 spiro atoms. The summed E-state index contributed by atoms with van der Waals surface area (Å²) in [6.07, 6.45) is 3.13. The van der Waals surface area contributed by atoms with Crippen molar-refractivity contribution >= 4 is 34.2 Å². The second-order valence-corrected chi connectivity index (χ2v) is 7.17. The molecule has 0 bridgehead atoms. The maximum absolute atomic E-state index is 14.6. The van der Waals surface area contributed by atoms with E-state index in [1.54, 1.807) is 12.3 Å². The summed E-state index contributed by atoms with van der Waals surface area (Å²) in [4.78, 5) is 19.8. The van der Waals surface area contributed by atoms with Crippen LogP contribution >= 0.6 is 0 Å². The molecule has 0 unspecified atom stereocenters. The molecular weight excluding hydrogens is 421 g/mol. The van der Waals surface area contributed by atoms with Crippen LogP contribution in [0.3, 0.4) is 0 Å². The number of nitrogens with zero attached hydrogens (tertiary/aromatic N) is 5. The van der Waals surface area contributed by atoms with Gasteiger partial charge in [-0.2, -0.15) is 4.98 Å². The zero-order chi connectivity index (χ0) is 23.2. The zero-order valence-electron chi connectivity index (χ0n) is 18.6. The average molecular weight is 448 g/mol. The monoisotopic (exact) mass is 447 g/mol. The highest BCUT2D eigenvalue weighted by molar-refractivity contribution is 5.82. The third kappa shape index (κ3) is 5.15. The summed E-state index contributed by atoms with van der Waals surface area (Å²) in [7, 11) is 0. The van der Waals surface area contributed by atoms with Crippen molar-refractivity contribution < 1.29 is 9.13 Å². The molecule has 4 heterocycles. The Hall–Kier alpha value is -3.85. The van der Waals surface area contributed by atoms with E-state index in [1.165, 1.54) is 12.3 Å². The zero-order valence-corrected chi connectivity index (χ0v) is 18.6. The van der Waals surface area contributed by atoms with Gasteiger partial charge in [0, 0.05) is 36.8 Å². The number of benzene rings is 1. The normalized spacial score (nSPS) is 13.4. The van der Waals surface area contributed by atoms with Crippen molar-refractivity contribution in [2.75, 3.05) is 42.3 Å². The number of halogens is 1. The molecule has 3 N–H and O–H groups in total. The first-order valence-electron chi connectivity index (χ1n) is 10.9. The molecule has 170 valence electrons. The van der Waals surface area contributed by atoms with Gasteiger partial charge in [0.15, 0.2) is 0 Å². The van der Waals surface area contributed by atoms with Crippen LogP contribution in [0.1, 0.15) is 13.8 Å². The van der Waals surface area contributed by atoms with Crippen molar-refractivity contribution in [3.05, 3.63) is 60.7 Å². The van der Waals surface area contributed by atoms with Crippen molar-refractivity contribution in [1.82, 2.24) is 19.9 Å². The summed E-state index contributed by atoms with van der Waals surface area (Å²) >= 11 is 0. The summed E-state index contributed by atoms with van der Waals surface area (Å²) in [5.41, 5.74) is 7.95. The van der Waals surface area contributed by atoms with E-state index in [1.807, 2.05) is 49.1 Å². The minimum atomic E-state index is -0.488. The predicted molar refractivity (Wildman–Crippen MR) is 129 cm³/mol. The maximum atomic E-state index is 14.6. The number of hydrogen-bond donors (Lipinski definition) is 2. The summed E-state index contributed by atoms with van der Waals surface area (Å²) in [6.45, 7) is 6.48. The largest absolute Gasteiger partial charge is 0.384 e. The smallest absolute Gasteiger partial charge is 0.228 e. The fourth-order valence-corrected chi connectivity index (χ4v) is 3.46. The molecule has 1 aliphatic rings. The lowest BCUT2D eigenvalue weighted by atomic mass is 10.2. The number of morpholine rings is 1. The Bertz CT molecular complexity index is 1240. The molecule has 1 fully saturated rings. The Kier molecular flexibility index (Phi) is 6.89. The van der Waals surface area contributed by atoms with E-state index in [-0.39, 0.29) is 11.4 Å². The Morgan fingerprint density at radius 1 is 1.00 bits per heavy atom. The van der Waals surface area contributed by atoms with Gasteiger partial charge in [-0.15, -0.1) is 0 Å². The van der Waals surface area contributed by atoms with Crippen LogP contribution in [0, 0.1) is 5.82 Å². The second kappa shape index (κ2) is 10.2. The van der Waals surface area contributed by atoms with Crippen LogP contribution in [0.4, 0.5) is 27.7 Å². The fraction of sp³-hybridized carbons (Fsp3) is 0.250. The number of para-hydroxylation sites is 1. The van der Waals surface area contributed by atoms with Crippen LogP contribution in [0.5, 0.6) is 0 Å². The molecule has 0 atom stereocenters. The van der Waals surface area contributed by atoms with E-state index in [4.69, 9.17) is 10.5 Å². The standard InChI is InChI=1S/C22H20FN7O.C2H6/c23-17-10-20(24)26-13-16(17)19-11-21(29-22(28-19)30-5-7-31-8-6-30)27-15-9-14-3-1-2-4-18(14)25-12-15;1-2/h1-4,9-13H,5-8H2,(H2,24,26)(H,27,28,29);1-2H3. The van der Waals surface area contributed by atoms with Gasteiger partial charge in [-0.25, -0.2) is 14.4 Å². The number of rotatable bonds is 4. The topological polar surface area (TPSA) is 102 Å². The second-order valence-electron chi connectivity index (χ2n) is 7.17. The Morgan fingerprint density at radius 3 is 2.58 bits per heavy atom. The number of anilines is 4. The van der Waals surface area contributed by atoms with Gasteiger partial charge in [-0.3, -0.25) is 4.98 Å². The van der Waals surface area contributed by atoms with Crippen molar-refractivity contribution in [1.29, 1.82) is 0 Å². The van der Waals surface area contributed by atoms with Crippen LogP contribution in [0.25, 0.3) is 22.2 Å². The summed E-state index contributed by atoms with van der Waals surface area (Å²) in [5, 5.41) is 4.28. The third-order valence-corrected chi connectivity index (χ3v) is 5.02. The predicted octanol–water partition coefficient (Wildman–Crippen LogP) is 4.41. The fourth-order valence-electron chi connectivity index (χ4n) is 3.46. The van der Waals surface area contributed by atoms with Crippen LogP contribution in [0.15, 0.2) is 54.9 Å². The number of aromatic nitrogens is 4. The highest BCUT2D eigenvalue weighted by Gasteiger charge is 2.18. The Balaban J connectivity index is 0.00000126. The lowest BCUT2D eigenvalue weighted by molar-refractivity contribution is 0.122. The Morgan fingerprint density at radius 2 is 1.79 bits per heavy atom. The van der Waals surface area contributed by atoms with Crippen LogP contribution in [-0.2, 0) is 4.74 Å². The number of hydrogen-bond acceptors (Lipinski definition) is 8. The summed E-state index contributed by atoms with van der Waals surface area (Å²) in [5.74, 6) is 0.648. The van der Waals surface area contributed by atoms with Gasteiger partial charge < -0.3 is 20.7 Å². The number of ether oxygens (including phenoxy) is 1. The van der Waals surface area contributed by atoms with E-state index in [2.05, 4.69) is 25.3 Å². The van der Waals surface area contributed by atoms with E-state index < -0.39 is 5.82 Å². The van der Waals surface area contributed by atoms with E-state index >= 15 is 0 Å². The van der Waals surface area contributed by atoms with Crippen molar-refractivity contribution in [3.8, 4) is 11.3 Å². The van der Waals surface area contributed by atoms with Crippen LogP contribution in [0.2, 0.25) is 0 Å². The average Bonchev–Trinajstić information content (AvgIpc) is 2.85. The molecule has 4 aromatic rings. The van der Waals surface area contributed by atoms with Gasteiger partial charge in [-0.05, 0) is 12.1 Å². The van der Waals surface area contributed by atoms with Gasteiger partial charge in [0.25, 0.3) is 0 Å². The molecule has 9 heteroatoms. The van der Waals surface area contributed by atoms with E-state index in [0.717, 1.165) is 16.6 Å². The number of nitrogen functional groups attached to an aromatic ring is 1. The molecule has 1 aliphatic heterocycles. The first-order chi connectivity index (χ1) is 16.2. The minimum Gasteiger partial charge on any atom is -0.384 e. The molecule has 0 radical (unpaired) electrons. The maximum Gasteiger partial charge on any atom is 0.228 e. The highest BCUT2D eigenvalue weighted by Crippen LogP contribution is 2.28. The molecule has 33 heavy (non-hydrogen) atoms. The highest BCUT2D eigenvalue weighted by atomic mass is 19.1. The molecule has 3 aromatic heterocycles. The summed E-state index contributed by atoms with van der Waals surface area (Å²) < 4.78 is 20.0. The molecule has 8 nitrogen and oxygen atoms in total. The van der Waals surface area contributed by atoms with Gasteiger partial charge in [0.1, 0.15) is 17.5 Å². The van der Waals surface area contributed by atoms with Crippen LogP contribution in [-0.4, -0.2) is 46.2 Å². The molecule has 1 aromatic carbocycles. The SMILES string of the molecule is CC.Nc1cc(F)c(-c2cc(Nc3cnc4ccccc4c3)nc(N3CCOCC3)n2)cn1. The Labute approximate surface area is 191 Å². The number of nitrogens with one attached hydrogen (secondary N) is 1. The molecule has 0 saturated carbocycles. The summed E-state index contributed by atoms with van der Waals surface area (Å²) in [6, 6.07) is 12.7. The number of pyridine rings is 2. The van der Waals surface area contributed by atoms with Crippen molar-refractivity contribution in [2.45, 2.75) is 13.8 Å². The van der Waals surface area contributed by atoms with Gasteiger partial charge >= 0.3 is 0 Å². The molecule has 0 amide bonds. The minimum absolute atomic E-state index is 0.115. The number of nitrogens with two attached hydrogens (primary N) is 1. The molecule has 1 saturated heterocycles. The van der Waals surface area contributed by atoms with Crippen molar-refractivity contribution in [2.24, 2.45) is 0 Å². The third-order valence-electron chi connectivity index (χ3n) is 5.02. The molecule has 0 aliphatic carbocycles. The number of fused-ring (bicyclic) bond motifs is 1. The molecule has 5 rings (SSSR count). The quantitative estimate of drug-likeness (QED) is 0.474. The first-order valence-corrected chi connectivity index (χ1v) is 10.9. The van der Waals surface area contributed by atoms with Gasteiger partial charge in [-0.1, -0.05) is 32.0 Å². The first kappa shape index (κ1) is 22.3. The van der Waals surface area contributed by atoms with Gasteiger partial charge in [0.05, 0.1) is 41.9 Å². The lowest BCUT2D eigenvalue weighted by Gasteiger charge is -2.27.